The molecule has 2 amide bonds. The smallest absolute Gasteiger partial charge is 0.228 e. The molecule has 2 saturated carbocycles. The van der Waals surface area contributed by atoms with Gasteiger partial charge in [-0.25, -0.2) is 0 Å². The van der Waals surface area contributed by atoms with E-state index in [1.807, 2.05) is 24.1 Å². The number of carbonyl (C=O) groups is 2. The van der Waals surface area contributed by atoms with Gasteiger partial charge in [0.2, 0.25) is 11.8 Å². The lowest BCUT2D eigenvalue weighted by Gasteiger charge is -2.59. The zero-order valence-electron chi connectivity index (χ0n) is 21.1. The first kappa shape index (κ1) is 23.6. The average Bonchev–Trinajstić information content (AvgIpc) is 3.19. The van der Waals surface area contributed by atoms with Crippen LogP contribution in [0.3, 0.4) is 0 Å². The van der Waals surface area contributed by atoms with Gasteiger partial charge >= 0.3 is 0 Å². The third kappa shape index (κ3) is 3.41. The lowest BCUT2D eigenvalue weighted by atomic mass is 9.48. The molecule has 0 spiro atoms. The Labute approximate surface area is 208 Å². The Hall–Kier alpha value is -3.12. The first-order chi connectivity index (χ1) is 16.6. The van der Waals surface area contributed by atoms with E-state index >= 15 is 0 Å². The Morgan fingerprint density at radius 3 is 2.54 bits per heavy atom. The van der Waals surface area contributed by atoms with Crippen LogP contribution in [-0.4, -0.2) is 23.8 Å². The number of carbonyl (C=O) groups excluding carboxylic acids is 2. The van der Waals surface area contributed by atoms with Gasteiger partial charge in [0.1, 0.15) is 12.1 Å². The van der Waals surface area contributed by atoms with Crippen molar-refractivity contribution in [1.29, 1.82) is 10.5 Å². The third-order valence-electron chi connectivity index (χ3n) is 10.2. The van der Waals surface area contributed by atoms with Gasteiger partial charge in [-0.3, -0.25) is 9.59 Å². The number of nitriles is 2. The van der Waals surface area contributed by atoms with E-state index in [1.54, 1.807) is 18.2 Å². The summed E-state index contributed by atoms with van der Waals surface area (Å²) < 4.78 is 0. The van der Waals surface area contributed by atoms with Crippen LogP contribution in [0.1, 0.15) is 76.8 Å². The second kappa shape index (κ2) is 8.23. The molecule has 5 rings (SSSR count). The number of hydrogen-bond donors (Lipinski definition) is 1. The molecule has 0 bridgehead atoms. The zero-order chi connectivity index (χ0) is 25.1. The van der Waals surface area contributed by atoms with Crippen LogP contribution in [0, 0.1) is 57.2 Å². The molecule has 6 heteroatoms. The van der Waals surface area contributed by atoms with Crippen molar-refractivity contribution >= 4 is 17.5 Å². The highest BCUT2D eigenvalue weighted by atomic mass is 16.2. The van der Waals surface area contributed by atoms with Crippen LogP contribution < -0.4 is 5.32 Å². The number of nitrogens with zero attached hydrogens (tertiary/aromatic N) is 3. The molecule has 1 aromatic rings. The number of rotatable bonds is 2. The van der Waals surface area contributed by atoms with E-state index in [2.05, 4.69) is 26.1 Å². The fourth-order valence-electron chi connectivity index (χ4n) is 8.58. The summed E-state index contributed by atoms with van der Waals surface area (Å²) in [6.07, 6.45) is 6.61. The molecule has 1 aliphatic heterocycles. The maximum absolute atomic E-state index is 13.5. The molecular weight excluding hydrogens is 436 g/mol. The first-order valence-electron chi connectivity index (χ1n) is 12.9. The standard InChI is InChI=1S/C29H34N4O2/c1-17-13-21-22-7-8-24(27(35)32-20-6-5-18(15-30)19(14-20)16-31)28(22,2)11-9-23(21)29(3)12-10-25(34)33(4)26(17)29/h5-6,14,21-24H,7-13H2,1-4H3,(H,32,35)/t21-,22-,23+,24?,28-,29+/m0/s1. The van der Waals surface area contributed by atoms with Gasteiger partial charge in [-0.05, 0) is 86.8 Å². The van der Waals surface area contributed by atoms with Crippen molar-refractivity contribution in [2.24, 2.45) is 34.5 Å². The Balaban J connectivity index is 1.40. The number of amides is 2. The Kier molecular flexibility index (Phi) is 5.55. The molecule has 3 fully saturated rings. The van der Waals surface area contributed by atoms with E-state index in [4.69, 9.17) is 0 Å². The molecule has 6 nitrogen and oxygen atoms in total. The second-order valence-electron chi connectivity index (χ2n) is 11.7. The highest BCUT2D eigenvalue weighted by molar-refractivity contribution is 5.93. The predicted molar refractivity (Wildman–Crippen MR) is 132 cm³/mol. The molecular formula is C29H34N4O2. The van der Waals surface area contributed by atoms with Gasteiger partial charge < -0.3 is 10.2 Å². The monoisotopic (exact) mass is 470 g/mol. The molecule has 182 valence electrons. The number of benzene rings is 1. The van der Waals surface area contributed by atoms with Crippen LogP contribution in [-0.2, 0) is 9.59 Å². The molecule has 1 unspecified atom stereocenters. The van der Waals surface area contributed by atoms with Crippen LogP contribution >= 0.6 is 0 Å². The Morgan fingerprint density at radius 1 is 1.09 bits per heavy atom. The van der Waals surface area contributed by atoms with Crippen molar-refractivity contribution in [2.75, 3.05) is 12.4 Å². The molecule has 1 aromatic carbocycles. The minimum Gasteiger partial charge on any atom is -0.326 e. The van der Waals surface area contributed by atoms with Gasteiger partial charge in [0.05, 0.1) is 11.1 Å². The minimum atomic E-state index is -0.0660. The Bertz CT molecular complexity index is 1220. The lowest BCUT2D eigenvalue weighted by molar-refractivity contribution is -0.137. The van der Waals surface area contributed by atoms with Crippen molar-refractivity contribution in [3.05, 3.63) is 40.6 Å². The number of anilines is 1. The predicted octanol–water partition coefficient (Wildman–Crippen LogP) is 5.36. The summed E-state index contributed by atoms with van der Waals surface area (Å²) in [6.45, 7) is 6.91. The SMILES string of the molecule is CC1=C2N(C)C(=O)CC[C@]2(C)[C@@H]2CC[C@]3(C)C(C(=O)Nc4ccc(C#N)c(C#N)c4)CC[C@H]3[C@@H]2C1. The van der Waals surface area contributed by atoms with Crippen molar-refractivity contribution < 1.29 is 9.59 Å². The maximum atomic E-state index is 13.5. The lowest BCUT2D eigenvalue weighted by Crippen LogP contribution is -2.54. The zero-order valence-corrected chi connectivity index (χ0v) is 21.1. The summed E-state index contributed by atoms with van der Waals surface area (Å²) in [7, 11) is 1.95. The molecule has 6 atom stereocenters. The minimum absolute atomic E-state index is 0.0278. The molecule has 4 aliphatic rings. The summed E-state index contributed by atoms with van der Waals surface area (Å²) in [5.41, 5.74) is 3.78. The largest absolute Gasteiger partial charge is 0.326 e. The second-order valence-corrected chi connectivity index (χ2v) is 11.7. The summed E-state index contributed by atoms with van der Waals surface area (Å²) in [4.78, 5) is 27.9. The van der Waals surface area contributed by atoms with E-state index < -0.39 is 0 Å². The normalized spacial score (nSPS) is 35.9. The number of fused-ring (bicyclic) bond motifs is 5. The Morgan fingerprint density at radius 2 is 1.83 bits per heavy atom. The first-order valence-corrected chi connectivity index (χ1v) is 12.9. The van der Waals surface area contributed by atoms with Crippen molar-refractivity contribution in [3.8, 4) is 12.1 Å². The summed E-state index contributed by atoms with van der Waals surface area (Å²) in [5, 5.41) is 21.6. The van der Waals surface area contributed by atoms with Crippen LogP contribution in [0.5, 0.6) is 0 Å². The van der Waals surface area contributed by atoms with Crippen LogP contribution in [0.4, 0.5) is 5.69 Å². The summed E-state index contributed by atoms with van der Waals surface area (Å²) >= 11 is 0. The molecule has 3 aliphatic carbocycles. The van der Waals surface area contributed by atoms with Crippen LogP contribution in [0.25, 0.3) is 0 Å². The number of likely N-dealkylation sites (tertiary alicyclic amines) is 1. The van der Waals surface area contributed by atoms with Gasteiger partial charge in [0.15, 0.2) is 0 Å². The van der Waals surface area contributed by atoms with Gasteiger partial charge in [0.25, 0.3) is 0 Å². The molecule has 0 aromatic heterocycles. The van der Waals surface area contributed by atoms with Gasteiger partial charge in [-0.15, -0.1) is 0 Å². The molecule has 1 heterocycles. The molecule has 0 radical (unpaired) electrons. The van der Waals surface area contributed by atoms with Gasteiger partial charge in [-0.1, -0.05) is 19.4 Å². The topological polar surface area (TPSA) is 97.0 Å². The fraction of sp³-hybridized carbons (Fsp3) is 0.586. The van der Waals surface area contributed by atoms with Crippen LogP contribution in [0.2, 0.25) is 0 Å². The summed E-state index contributed by atoms with van der Waals surface area (Å²) in [6, 6.07) is 8.97. The summed E-state index contributed by atoms with van der Waals surface area (Å²) in [5.74, 6) is 1.78. The number of piperidine rings is 1. The van der Waals surface area contributed by atoms with E-state index in [-0.39, 0.29) is 34.1 Å². The van der Waals surface area contributed by atoms with Crippen LogP contribution in [0.15, 0.2) is 29.5 Å². The molecule has 1 saturated heterocycles. The highest BCUT2D eigenvalue weighted by Gasteiger charge is 2.61. The average molecular weight is 471 g/mol. The van der Waals surface area contributed by atoms with Crippen molar-refractivity contribution in [1.82, 2.24) is 4.90 Å². The third-order valence-corrected chi connectivity index (χ3v) is 10.2. The maximum Gasteiger partial charge on any atom is 0.228 e. The number of hydrogen-bond acceptors (Lipinski definition) is 4. The molecule has 35 heavy (non-hydrogen) atoms. The van der Waals surface area contributed by atoms with Gasteiger partial charge in [-0.2, -0.15) is 10.5 Å². The van der Waals surface area contributed by atoms with E-state index in [0.29, 0.717) is 35.4 Å². The fourth-order valence-corrected chi connectivity index (χ4v) is 8.58. The van der Waals surface area contributed by atoms with E-state index in [1.165, 1.54) is 11.3 Å². The van der Waals surface area contributed by atoms with Crippen molar-refractivity contribution in [3.63, 3.8) is 0 Å². The van der Waals surface area contributed by atoms with Gasteiger partial charge in [0, 0.05) is 36.2 Å². The van der Waals surface area contributed by atoms with E-state index in [0.717, 1.165) is 38.5 Å². The molecule has 1 N–H and O–H groups in total. The highest BCUT2D eigenvalue weighted by Crippen LogP contribution is 2.66. The quantitative estimate of drug-likeness (QED) is 0.629. The van der Waals surface area contributed by atoms with Crippen molar-refractivity contribution in [2.45, 2.75) is 65.7 Å². The number of allylic oxidation sites excluding steroid dienone is 2. The number of nitrogens with one attached hydrogen (secondary N) is 1. The van der Waals surface area contributed by atoms with E-state index in [9.17, 15) is 20.1 Å².